The van der Waals surface area contributed by atoms with E-state index in [2.05, 4.69) is 25.8 Å². The number of nitrogens with one attached hydrogen (secondary N) is 2. The predicted octanol–water partition coefficient (Wildman–Crippen LogP) is -0.00430. The fraction of sp³-hybridized carbons (Fsp3) is 0.444. The summed E-state index contributed by atoms with van der Waals surface area (Å²) >= 11 is 0. The molecule has 2 aromatic heterocycles. The number of aryl methyl sites for hydroxylation is 1. The lowest BCUT2D eigenvalue weighted by molar-refractivity contribution is 0.276. The molecule has 16 heavy (non-hydrogen) atoms. The van der Waals surface area contributed by atoms with Crippen molar-refractivity contribution in [3.63, 3.8) is 0 Å². The van der Waals surface area contributed by atoms with Crippen molar-refractivity contribution in [1.29, 1.82) is 0 Å². The molecule has 2 rings (SSSR count). The Bertz CT molecular complexity index is 409. The van der Waals surface area contributed by atoms with Gasteiger partial charge in [-0.2, -0.15) is 5.10 Å². The second-order valence-corrected chi connectivity index (χ2v) is 3.39. The number of H-pyrrole nitrogens is 1. The third kappa shape index (κ3) is 2.80. The second kappa shape index (κ2) is 5.26. The van der Waals surface area contributed by atoms with Crippen molar-refractivity contribution in [3.05, 3.63) is 24.3 Å². The summed E-state index contributed by atoms with van der Waals surface area (Å²) in [6.07, 6.45) is 6.03. The minimum atomic E-state index is 0.169. The topological polar surface area (TPSA) is 91.7 Å². The van der Waals surface area contributed by atoms with Gasteiger partial charge in [-0.25, -0.2) is 0 Å². The Morgan fingerprint density at radius 1 is 1.50 bits per heavy atom. The van der Waals surface area contributed by atoms with E-state index in [4.69, 9.17) is 5.11 Å². The maximum atomic E-state index is 8.68. The molecule has 3 N–H and O–H groups in total. The molecule has 2 aromatic rings. The summed E-state index contributed by atoms with van der Waals surface area (Å²) < 4.78 is 1.72. The van der Waals surface area contributed by atoms with Crippen molar-refractivity contribution in [3.8, 4) is 0 Å². The molecule has 0 aromatic carbocycles. The Hall–Kier alpha value is -1.89. The van der Waals surface area contributed by atoms with Crippen LogP contribution in [-0.2, 0) is 13.1 Å². The third-order valence-electron chi connectivity index (χ3n) is 2.10. The van der Waals surface area contributed by atoms with Gasteiger partial charge in [-0.3, -0.25) is 9.78 Å². The molecule has 0 bridgehead atoms. The number of aliphatic hydroxyl groups is 1. The van der Waals surface area contributed by atoms with Gasteiger partial charge in [0.05, 0.1) is 24.6 Å². The molecule has 0 radical (unpaired) electrons. The first-order valence-corrected chi connectivity index (χ1v) is 5.11. The molecule has 0 aliphatic heterocycles. The van der Waals surface area contributed by atoms with Gasteiger partial charge in [0.1, 0.15) is 5.69 Å². The SMILES string of the molecule is OCCCn1cc(CNc2cn[nH]c2)nn1. The maximum Gasteiger partial charge on any atom is 0.102 e. The number of nitrogens with zero attached hydrogens (tertiary/aromatic N) is 4. The average Bonchev–Trinajstić information content (AvgIpc) is 2.95. The van der Waals surface area contributed by atoms with Gasteiger partial charge in [0, 0.05) is 19.3 Å². The molecule has 0 saturated heterocycles. The average molecular weight is 222 g/mol. The normalized spacial score (nSPS) is 10.6. The van der Waals surface area contributed by atoms with Crippen LogP contribution in [0.2, 0.25) is 0 Å². The van der Waals surface area contributed by atoms with Crippen LogP contribution in [0, 0.1) is 0 Å². The molecule has 86 valence electrons. The van der Waals surface area contributed by atoms with E-state index < -0.39 is 0 Å². The molecule has 0 fully saturated rings. The monoisotopic (exact) mass is 222 g/mol. The van der Waals surface area contributed by atoms with Gasteiger partial charge in [-0.15, -0.1) is 5.10 Å². The van der Waals surface area contributed by atoms with Crippen LogP contribution >= 0.6 is 0 Å². The molecule has 0 amide bonds. The van der Waals surface area contributed by atoms with Gasteiger partial charge < -0.3 is 10.4 Å². The molecule has 0 aliphatic rings. The van der Waals surface area contributed by atoms with Gasteiger partial charge in [0.15, 0.2) is 0 Å². The zero-order valence-electron chi connectivity index (χ0n) is 8.80. The summed E-state index contributed by atoms with van der Waals surface area (Å²) in [7, 11) is 0. The van der Waals surface area contributed by atoms with E-state index in [1.165, 1.54) is 0 Å². The lowest BCUT2D eigenvalue weighted by atomic mass is 10.4. The van der Waals surface area contributed by atoms with Gasteiger partial charge in [-0.05, 0) is 6.42 Å². The molecule has 0 saturated carbocycles. The van der Waals surface area contributed by atoms with Crippen LogP contribution < -0.4 is 5.32 Å². The van der Waals surface area contributed by atoms with Crippen LogP contribution in [0.1, 0.15) is 12.1 Å². The molecule has 0 spiro atoms. The number of anilines is 1. The number of rotatable bonds is 6. The third-order valence-corrected chi connectivity index (χ3v) is 2.10. The summed E-state index contributed by atoms with van der Waals surface area (Å²) in [5, 5.41) is 26.3. The lowest BCUT2D eigenvalue weighted by Gasteiger charge is -1.98. The van der Waals surface area contributed by atoms with Crippen molar-refractivity contribution in [2.24, 2.45) is 0 Å². The predicted molar refractivity (Wildman–Crippen MR) is 57.6 cm³/mol. The van der Waals surface area contributed by atoms with E-state index in [1.807, 2.05) is 6.20 Å². The fourth-order valence-corrected chi connectivity index (χ4v) is 1.30. The Morgan fingerprint density at radius 3 is 3.19 bits per heavy atom. The Balaban J connectivity index is 1.83. The molecular formula is C9H14N6O. The first-order valence-electron chi connectivity index (χ1n) is 5.11. The smallest absolute Gasteiger partial charge is 0.102 e. The minimum Gasteiger partial charge on any atom is -0.396 e. The van der Waals surface area contributed by atoms with Crippen molar-refractivity contribution in [2.45, 2.75) is 19.5 Å². The highest BCUT2D eigenvalue weighted by Gasteiger charge is 2.00. The van der Waals surface area contributed by atoms with Crippen molar-refractivity contribution >= 4 is 5.69 Å². The highest BCUT2D eigenvalue weighted by molar-refractivity contribution is 5.37. The van der Waals surface area contributed by atoms with Crippen LogP contribution in [0.3, 0.4) is 0 Å². The number of hydrogen-bond acceptors (Lipinski definition) is 5. The Kier molecular flexibility index (Phi) is 3.50. The largest absolute Gasteiger partial charge is 0.396 e. The summed E-state index contributed by atoms with van der Waals surface area (Å²) in [5.74, 6) is 0. The van der Waals surface area contributed by atoms with Gasteiger partial charge in [-0.1, -0.05) is 5.21 Å². The highest BCUT2D eigenvalue weighted by Crippen LogP contribution is 2.03. The molecular weight excluding hydrogens is 208 g/mol. The quantitative estimate of drug-likeness (QED) is 0.639. The Labute approximate surface area is 92.5 Å². The van der Waals surface area contributed by atoms with Gasteiger partial charge in [0.25, 0.3) is 0 Å². The van der Waals surface area contributed by atoms with E-state index in [0.717, 1.165) is 11.4 Å². The van der Waals surface area contributed by atoms with Crippen LogP contribution in [0.15, 0.2) is 18.6 Å². The number of aliphatic hydroxyl groups excluding tert-OH is 1. The molecule has 0 aliphatic carbocycles. The van der Waals surface area contributed by atoms with Crippen molar-refractivity contribution < 1.29 is 5.11 Å². The van der Waals surface area contributed by atoms with Crippen molar-refractivity contribution in [2.75, 3.05) is 11.9 Å². The second-order valence-electron chi connectivity index (χ2n) is 3.39. The number of hydrogen-bond donors (Lipinski definition) is 3. The van der Waals surface area contributed by atoms with Crippen LogP contribution in [0.25, 0.3) is 0 Å². The Morgan fingerprint density at radius 2 is 2.44 bits per heavy atom. The zero-order valence-corrected chi connectivity index (χ0v) is 8.80. The summed E-state index contributed by atoms with van der Waals surface area (Å²) in [5.41, 5.74) is 1.78. The van der Waals surface area contributed by atoms with Gasteiger partial charge >= 0.3 is 0 Å². The standard InChI is InChI=1S/C9H14N6O/c16-3-1-2-15-7-9(13-14-15)4-10-8-5-11-12-6-8/h5-7,10,16H,1-4H2,(H,11,12). The van der Waals surface area contributed by atoms with E-state index in [9.17, 15) is 0 Å². The lowest BCUT2D eigenvalue weighted by Crippen LogP contribution is -2.00. The highest BCUT2D eigenvalue weighted by atomic mass is 16.3. The molecule has 7 heteroatoms. The van der Waals surface area contributed by atoms with Crippen molar-refractivity contribution in [1.82, 2.24) is 25.2 Å². The van der Waals surface area contributed by atoms with Crippen LogP contribution in [0.5, 0.6) is 0 Å². The number of aromatic amines is 1. The molecule has 7 nitrogen and oxygen atoms in total. The first kappa shape index (κ1) is 10.6. The molecule has 2 heterocycles. The summed E-state index contributed by atoms with van der Waals surface area (Å²) in [4.78, 5) is 0. The molecule has 0 atom stereocenters. The molecule has 0 unspecified atom stereocenters. The van der Waals surface area contributed by atoms with E-state index in [-0.39, 0.29) is 6.61 Å². The first-order chi connectivity index (χ1) is 7.88. The van der Waals surface area contributed by atoms with E-state index in [1.54, 1.807) is 17.1 Å². The van der Waals surface area contributed by atoms with Crippen LogP contribution in [0.4, 0.5) is 5.69 Å². The van der Waals surface area contributed by atoms with Crippen LogP contribution in [-0.4, -0.2) is 36.9 Å². The van der Waals surface area contributed by atoms with E-state index in [0.29, 0.717) is 19.5 Å². The van der Waals surface area contributed by atoms with E-state index >= 15 is 0 Å². The maximum absolute atomic E-state index is 8.68. The fourth-order valence-electron chi connectivity index (χ4n) is 1.30. The number of aromatic nitrogens is 5. The zero-order chi connectivity index (χ0) is 11.2. The summed E-state index contributed by atoms with van der Waals surface area (Å²) in [6.45, 7) is 1.47. The summed E-state index contributed by atoms with van der Waals surface area (Å²) in [6, 6.07) is 0. The minimum absolute atomic E-state index is 0.169. The van der Waals surface area contributed by atoms with Gasteiger partial charge in [0.2, 0.25) is 0 Å².